The van der Waals surface area contributed by atoms with E-state index in [0.29, 0.717) is 6.42 Å². The molecule has 7 nitrogen and oxygen atoms in total. The Balaban J connectivity index is 1.53. The highest BCUT2D eigenvalue weighted by molar-refractivity contribution is 5.94. The van der Waals surface area contributed by atoms with Crippen molar-refractivity contribution in [3.8, 4) is 0 Å². The summed E-state index contributed by atoms with van der Waals surface area (Å²) in [6, 6.07) is 0. The number of ether oxygens (including phenoxy) is 1. The van der Waals surface area contributed by atoms with Crippen LogP contribution < -0.4 is 5.32 Å². The predicted octanol–water partition coefficient (Wildman–Crippen LogP) is 3.15. The van der Waals surface area contributed by atoms with Crippen LogP contribution in [0.15, 0.2) is 18.6 Å². The van der Waals surface area contributed by atoms with Gasteiger partial charge in [0.15, 0.2) is 5.82 Å². The Morgan fingerprint density at radius 3 is 2.28 bits per heavy atom. The van der Waals surface area contributed by atoms with Crippen LogP contribution >= 0.6 is 0 Å². The third-order valence-corrected chi connectivity index (χ3v) is 5.15. The number of likely N-dealkylation sites (tertiary alicyclic amines) is 1. The fraction of sp³-hybridized carbons (Fsp3) is 0.625. The molecular formula is C16H16F6N4O3. The number of halogens is 6. The summed E-state index contributed by atoms with van der Waals surface area (Å²) in [6.07, 6.45) is -12.1. The lowest BCUT2D eigenvalue weighted by atomic mass is 9.91. The zero-order chi connectivity index (χ0) is 21.4. The van der Waals surface area contributed by atoms with Gasteiger partial charge < -0.3 is 15.0 Å². The highest BCUT2D eigenvalue weighted by Gasteiger charge is 2.61. The smallest absolute Gasteiger partial charge is 0.426 e. The fourth-order valence-electron chi connectivity index (χ4n) is 3.48. The van der Waals surface area contributed by atoms with E-state index < -0.39 is 30.0 Å². The molecule has 1 N–H and O–H groups in total. The number of alkyl halides is 6. The lowest BCUT2D eigenvalue weighted by Crippen LogP contribution is -2.49. The largest absolute Gasteiger partial charge is 0.434 e. The molecule has 1 saturated heterocycles. The van der Waals surface area contributed by atoms with E-state index in [4.69, 9.17) is 0 Å². The van der Waals surface area contributed by atoms with Crippen molar-refractivity contribution in [2.24, 2.45) is 11.3 Å². The molecule has 2 aliphatic rings. The molecule has 1 saturated carbocycles. The molecule has 2 amide bonds. The van der Waals surface area contributed by atoms with Crippen LogP contribution in [0, 0.1) is 11.3 Å². The minimum Gasteiger partial charge on any atom is -0.426 e. The van der Waals surface area contributed by atoms with E-state index >= 15 is 0 Å². The number of anilines is 1. The highest BCUT2D eigenvalue weighted by atomic mass is 19.4. The second-order valence-electron chi connectivity index (χ2n) is 7.03. The Kier molecular flexibility index (Phi) is 5.34. The maximum atomic E-state index is 12.5. The van der Waals surface area contributed by atoms with Gasteiger partial charge >= 0.3 is 18.4 Å². The van der Waals surface area contributed by atoms with E-state index in [1.165, 1.54) is 18.6 Å². The molecule has 0 radical (unpaired) electrons. The SMILES string of the molecule is O=C(Nc1cnccn1)[C@H]1CC12CCN(C(=O)OC(C(F)(F)F)C(F)(F)F)CC2. The van der Waals surface area contributed by atoms with Crippen LogP contribution in [0.2, 0.25) is 0 Å². The lowest BCUT2D eigenvalue weighted by molar-refractivity contribution is -0.308. The number of piperidine rings is 1. The molecule has 1 aliphatic heterocycles. The minimum atomic E-state index is -5.76. The van der Waals surface area contributed by atoms with Crippen LogP contribution in [0.5, 0.6) is 0 Å². The second-order valence-corrected chi connectivity index (χ2v) is 7.03. The average Bonchev–Trinajstić information content (AvgIpc) is 3.32. The van der Waals surface area contributed by atoms with Gasteiger partial charge in [0.2, 0.25) is 5.91 Å². The van der Waals surface area contributed by atoms with Gasteiger partial charge in [0.05, 0.1) is 6.20 Å². The predicted molar refractivity (Wildman–Crippen MR) is 84.4 cm³/mol. The van der Waals surface area contributed by atoms with Crippen molar-refractivity contribution >= 4 is 17.8 Å². The van der Waals surface area contributed by atoms with Gasteiger partial charge in [-0.05, 0) is 24.7 Å². The second kappa shape index (κ2) is 7.34. The topological polar surface area (TPSA) is 84.4 Å². The molecule has 0 bridgehead atoms. The molecule has 2 heterocycles. The van der Waals surface area contributed by atoms with Crippen LogP contribution in [0.25, 0.3) is 0 Å². The summed E-state index contributed by atoms with van der Waals surface area (Å²) in [7, 11) is 0. The maximum Gasteiger partial charge on any atom is 0.434 e. The Labute approximate surface area is 160 Å². The van der Waals surface area contributed by atoms with Crippen molar-refractivity contribution in [1.29, 1.82) is 0 Å². The summed E-state index contributed by atoms with van der Waals surface area (Å²) in [5, 5.41) is 2.60. The van der Waals surface area contributed by atoms with Gasteiger partial charge in [-0.15, -0.1) is 0 Å². The molecule has 13 heteroatoms. The standard InChI is InChI=1S/C16H16F6N4O3/c17-15(18,19)12(16(20,21)22)29-13(28)26-5-1-14(2-6-26)7-9(14)11(27)25-10-8-23-3-4-24-10/h3-4,8-9,12H,1-2,5-7H2,(H,24,25,27)/t9-/m1/s1. The molecule has 0 unspecified atom stereocenters. The van der Waals surface area contributed by atoms with Gasteiger partial charge in [0.25, 0.3) is 6.10 Å². The third kappa shape index (κ3) is 4.70. The van der Waals surface area contributed by atoms with Crippen LogP contribution in [0.4, 0.5) is 37.0 Å². The van der Waals surface area contributed by atoms with Gasteiger partial charge in [0, 0.05) is 31.4 Å². The van der Waals surface area contributed by atoms with Crippen molar-refractivity contribution in [2.75, 3.05) is 18.4 Å². The molecule has 1 aromatic heterocycles. The number of aromatic nitrogens is 2. The number of hydrogen-bond donors (Lipinski definition) is 1. The first-order valence-corrected chi connectivity index (χ1v) is 8.58. The zero-order valence-electron chi connectivity index (χ0n) is 14.8. The third-order valence-electron chi connectivity index (χ3n) is 5.15. The number of rotatable bonds is 3. The summed E-state index contributed by atoms with van der Waals surface area (Å²) in [4.78, 5) is 32.6. The van der Waals surface area contributed by atoms with E-state index in [2.05, 4.69) is 20.0 Å². The molecule has 3 rings (SSSR count). The molecule has 1 spiro atoms. The highest BCUT2D eigenvalue weighted by Crippen LogP contribution is 2.59. The summed E-state index contributed by atoms with van der Waals surface area (Å²) in [6.45, 7) is -0.202. The quantitative estimate of drug-likeness (QED) is 0.751. The molecule has 1 atom stereocenters. The number of carbonyl (C=O) groups is 2. The molecular weight excluding hydrogens is 410 g/mol. The van der Waals surface area contributed by atoms with E-state index in [0.717, 1.165) is 4.90 Å². The van der Waals surface area contributed by atoms with Crippen LogP contribution in [-0.4, -0.2) is 58.4 Å². The number of nitrogens with one attached hydrogen (secondary N) is 1. The first-order valence-electron chi connectivity index (χ1n) is 8.58. The Morgan fingerprint density at radius 1 is 1.14 bits per heavy atom. The van der Waals surface area contributed by atoms with Crippen molar-refractivity contribution in [2.45, 2.75) is 37.7 Å². The molecule has 1 aromatic rings. The van der Waals surface area contributed by atoms with Crippen LogP contribution in [0.1, 0.15) is 19.3 Å². The van der Waals surface area contributed by atoms with Crippen molar-refractivity contribution in [1.82, 2.24) is 14.9 Å². The number of carbonyl (C=O) groups excluding carboxylic acids is 2. The monoisotopic (exact) mass is 426 g/mol. The van der Waals surface area contributed by atoms with Gasteiger partial charge in [0.1, 0.15) is 0 Å². The summed E-state index contributed by atoms with van der Waals surface area (Å²) in [5.41, 5.74) is -0.434. The van der Waals surface area contributed by atoms with E-state index in [1.54, 1.807) is 0 Å². The first kappa shape index (κ1) is 21.1. The summed E-state index contributed by atoms with van der Waals surface area (Å²) >= 11 is 0. The zero-order valence-corrected chi connectivity index (χ0v) is 14.8. The van der Waals surface area contributed by atoms with E-state index in [9.17, 15) is 35.9 Å². The lowest BCUT2D eigenvalue weighted by Gasteiger charge is -2.33. The average molecular weight is 426 g/mol. The first-order chi connectivity index (χ1) is 13.4. The molecule has 2 fully saturated rings. The van der Waals surface area contributed by atoms with Crippen molar-refractivity contribution in [3.05, 3.63) is 18.6 Å². The number of nitrogens with zero attached hydrogens (tertiary/aromatic N) is 3. The fourth-order valence-corrected chi connectivity index (χ4v) is 3.48. The number of hydrogen-bond acceptors (Lipinski definition) is 5. The molecule has 160 valence electrons. The van der Waals surface area contributed by atoms with Crippen LogP contribution in [-0.2, 0) is 9.53 Å². The molecule has 0 aromatic carbocycles. The Hall–Kier alpha value is -2.60. The summed E-state index contributed by atoms with van der Waals surface area (Å²) < 4.78 is 78.9. The normalized spacial score (nSPS) is 21.2. The summed E-state index contributed by atoms with van der Waals surface area (Å²) in [5.74, 6) is -0.401. The van der Waals surface area contributed by atoms with Gasteiger partial charge in [-0.25, -0.2) is 9.78 Å². The van der Waals surface area contributed by atoms with Gasteiger partial charge in [-0.2, -0.15) is 26.3 Å². The maximum absolute atomic E-state index is 12.5. The van der Waals surface area contributed by atoms with Gasteiger partial charge in [-0.3, -0.25) is 9.78 Å². The van der Waals surface area contributed by atoms with E-state index in [-0.39, 0.29) is 43.6 Å². The minimum absolute atomic E-state index is 0.101. The van der Waals surface area contributed by atoms with Crippen molar-refractivity contribution < 1.29 is 40.7 Å². The van der Waals surface area contributed by atoms with E-state index in [1.807, 2.05) is 0 Å². The Bertz CT molecular complexity index is 748. The van der Waals surface area contributed by atoms with Crippen LogP contribution in [0.3, 0.4) is 0 Å². The molecule has 1 aliphatic carbocycles. The van der Waals surface area contributed by atoms with Gasteiger partial charge in [-0.1, -0.05) is 0 Å². The number of amides is 2. The molecule has 29 heavy (non-hydrogen) atoms. The van der Waals surface area contributed by atoms with Crippen molar-refractivity contribution in [3.63, 3.8) is 0 Å². The Morgan fingerprint density at radius 2 is 1.76 bits per heavy atom.